The molecule has 1 amide bonds. The zero-order chi connectivity index (χ0) is 41.9. The average molecular weight is 895 g/mol. The molecule has 0 radical (unpaired) electrons. The van der Waals surface area contributed by atoms with Crippen molar-refractivity contribution in [3.05, 3.63) is 90.1 Å². The summed E-state index contributed by atoms with van der Waals surface area (Å²) in [4.78, 5) is 57.4. The molecular weight excluding hydrogens is 854 g/mol. The molecule has 2 aromatic carbocycles. The number of aryl methyl sites for hydroxylation is 2. The first-order valence-corrected chi connectivity index (χ1v) is 22.8. The second-order valence-electron chi connectivity index (χ2n) is 16.3. The molecule has 1 saturated heterocycles. The number of carboxylic acids is 1. The number of ether oxygens (including phenoxy) is 1. The smallest absolute Gasteiger partial charge is 0.306 e. The van der Waals surface area contributed by atoms with Crippen LogP contribution in [0.5, 0.6) is 0 Å². The molecule has 13 nitrogen and oxygen atoms in total. The van der Waals surface area contributed by atoms with Gasteiger partial charge in [-0.1, -0.05) is 23.2 Å². The number of amides is 1. The maximum absolute atomic E-state index is 13.3. The maximum atomic E-state index is 13.3. The van der Waals surface area contributed by atoms with Gasteiger partial charge in [-0.15, -0.1) is 22.7 Å². The van der Waals surface area contributed by atoms with E-state index in [1.807, 2.05) is 55.4 Å². The Balaban J connectivity index is 0.000000150. The molecule has 7 heterocycles. The van der Waals surface area contributed by atoms with Gasteiger partial charge in [0.1, 0.15) is 34.0 Å². The number of aliphatic carboxylic acids is 1. The normalized spacial score (nSPS) is 21.1. The number of hydrogen-bond donors (Lipinski definition) is 3. The van der Waals surface area contributed by atoms with Crippen molar-refractivity contribution in [1.82, 2.24) is 24.8 Å². The van der Waals surface area contributed by atoms with E-state index in [4.69, 9.17) is 27.9 Å². The highest BCUT2D eigenvalue weighted by molar-refractivity contribution is 7.19. The molecule has 4 atom stereocenters. The van der Waals surface area contributed by atoms with Crippen molar-refractivity contribution in [2.24, 2.45) is 21.8 Å². The highest BCUT2D eigenvalue weighted by Gasteiger charge is 2.35. The lowest BCUT2D eigenvalue weighted by atomic mass is 9.86. The molecule has 1 fully saturated rings. The summed E-state index contributed by atoms with van der Waals surface area (Å²) in [6, 6.07) is 7.92. The summed E-state index contributed by atoms with van der Waals surface area (Å²) < 4.78 is 5.81. The number of aromatic nitrogens is 4. The van der Waals surface area contributed by atoms with Crippen LogP contribution >= 0.6 is 45.9 Å². The summed E-state index contributed by atoms with van der Waals surface area (Å²) in [7, 11) is 0. The van der Waals surface area contributed by atoms with Crippen LogP contribution in [-0.4, -0.2) is 79.5 Å². The van der Waals surface area contributed by atoms with Crippen LogP contribution in [0.2, 0.25) is 10.0 Å². The lowest BCUT2D eigenvalue weighted by molar-refractivity contribution is -0.147. The average Bonchev–Trinajstić information content (AvgIpc) is 4.05. The van der Waals surface area contributed by atoms with E-state index in [1.54, 1.807) is 29.0 Å². The van der Waals surface area contributed by atoms with Crippen molar-refractivity contribution < 1.29 is 19.4 Å². The molecule has 312 valence electrons. The number of nitrogens with zero attached hydrogens (tertiary/aromatic N) is 7. The van der Waals surface area contributed by atoms with Gasteiger partial charge in [0.25, 0.3) is 0 Å². The molecule has 6 aromatic rings. The van der Waals surface area contributed by atoms with Gasteiger partial charge in [-0.05, 0) is 110 Å². The Morgan fingerprint density at radius 2 is 1.23 bits per heavy atom. The van der Waals surface area contributed by atoms with Crippen molar-refractivity contribution in [1.29, 1.82) is 0 Å². The number of hydrogen-bond acceptors (Lipinski definition) is 13. The van der Waals surface area contributed by atoms with Gasteiger partial charge in [0.15, 0.2) is 0 Å². The van der Waals surface area contributed by atoms with E-state index in [2.05, 4.69) is 40.6 Å². The van der Waals surface area contributed by atoms with Crippen molar-refractivity contribution in [2.75, 3.05) is 23.7 Å². The quantitative estimate of drug-likeness (QED) is 0.147. The van der Waals surface area contributed by atoms with Gasteiger partial charge in [0.05, 0.1) is 63.4 Å². The Morgan fingerprint density at radius 1 is 0.738 bits per heavy atom. The monoisotopic (exact) mass is 893 g/mol. The molecule has 0 bridgehead atoms. The maximum Gasteiger partial charge on any atom is 0.306 e. The van der Waals surface area contributed by atoms with Crippen LogP contribution in [-0.2, 0) is 53.1 Å². The summed E-state index contributed by atoms with van der Waals surface area (Å²) in [5.74, 6) is 0.687. The summed E-state index contributed by atoms with van der Waals surface area (Å²) in [5.41, 5.74) is 8.41. The fourth-order valence-corrected chi connectivity index (χ4v) is 12.2. The van der Waals surface area contributed by atoms with Crippen LogP contribution < -0.4 is 10.6 Å². The predicted octanol–water partition coefficient (Wildman–Crippen LogP) is 8.97. The molecule has 4 aromatic heterocycles. The van der Waals surface area contributed by atoms with Crippen molar-refractivity contribution in [3.63, 3.8) is 0 Å². The van der Waals surface area contributed by atoms with Gasteiger partial charge in [0, 0.05) is 41.2 Å². The number of morpholine rings is 1. The van der Waals surface area contributed by atoms with Gasteiger partial charge in [-0.2, -0.15) is 0 Å². The van der Waals surface area contributed by atoms with Gasteiger partial charge in [-0.3, -0.25) is 19.6 Å². The molecule has 3 aliphatic heterocycles. The second-order valence-corrected chi connectivity index (χ2v) is 19.3. The van der Waals surface area contributed by atoms with Crippen molar-refractivity contribution in [3.8, 4) is 0 Å². The van der Waals surface area contributed by atoms with Gasteiger partial charge in [0.2, 0.25) is 5.91 Å². The minimum Gasteiger partial charge on any atom is -0.481 e. The molecule has 0 saturated carbocycles. The Labute approximate surface area is 369 Å². The number of anilines is 4. The van der Waals surface area contributed by atoms with Crippen LogP contribution in [0.4, 0.5) is 23.0 Å². The minimum absolute atomic E-state index is 0.00729. The van der Waals surface area contributed by atoms with Gasteiger partial charge in [-0.25, -0.2) is 19.9 Å². The first kappa shape index (κ1) is 40.0. The third-order valence-electron chi connectivity index (χ3n) is 12.1. The first-order chi connectivity index (χ1) is 29.6. The molecule has 17 heteroatoms. The Morgan fingerprint density at radius 3 is 1.74 bits per heavy atom. The summed E-state index contributed by atoms with van der Waals surface area (Å²) >= 11 is 16.3. The number of aliphatic imine (C=N–C) groups is 2. The molecule has 2 aliphatic carbocycles. The van der Waals surface area contributed by atoms with E-state index in [-0.39, 0.29) is 30.0 Å². The van der Waals surface area contributed by atoms with Crippen LogP contribution in [0.1, 0.15) is 69.8 Å². The SMILES string of the molecule is C[C@H]1CN(C(=O)[C@H]2CCc3c(sc4ncnc(Nc5cc6c(cc5Cl)CN=C6)c34)C2)C[C@H](C)O1.O=C(O)[C@H]1CCc2c(sc3ncnc(Nc4cc5c(cc4Cl)CN=C5)c23)C1. The molecule has 61 heavy (non-hydrogen) atoms. The number of halogens is 2. The number of benzene rings is 2. The number of carbonyl (C=O) groups is 2. The standard InChI is InChI=1S/C25H26ClN5O2S.C19H15ClN4O2S/c1-13-10-31(11-14(2)33-13)25(32)15-3-4-18-21(7-15)34-24-22(18)23(28-12-29-24)30-20-6-17-9-27-8-16(17)5-19(20)26;20-13-3-10-6-21-7-11(10)4-14(13)24-17-16-12-2-1-9(19(25)26)5-15(12)27-18(16)23-8-22-17/h5-6,9,12-15H,3-4,7-8,10-11H2,1-2H3,(H,28,29,30);3-4,7-9H,1-2,5-6H2,(H,25,26)(H,22,23,24)/t13-,14-,15-;9-/m00/s1. The van der Waals surface area contributed by atoms with Crippen LogP contribution in [0, 0.1) is 11.8 Å². The summed E-state index contributed by atoms with van der Waals surface area (Å²) in [6.07, 6.45) is 11.4. The molecule has 0 unspecified atom stereocenters. The molecule has 0 spiro atoms. The highest BCUT2D eigenvalue weighted by atomic mass is 35.5. The lowest BCUT2D eigenvalue weighted by Gasteiger charge is -2.37. The number of rotatable bonds is 6. The van der Waals surface area contributed by atoms with E-state index in [0.717, 1.165) is 96.0 Å². The van der Waals surface area contributed by atoms with Crippen molar-refractivity contribution >= 4 is 114 Å². The summed E-state index contributed by atoms with van der Waals surface area (Å²) in [6.45, 7) is 6.75. The number of carbonyl (C=O) groups excluding carboxylic acids is 1. The Kier molecular flexibility index (Phi) is 10.7. The van der Waals surface area contributed by atoms with Gasteiger partial charge < -0.3 is 25.4 Å². The fraction of sp³-hybridized carbons (Fsp3) is 0.364. The van der Waals surface area contributed by atoms with Crippen LogP contribution in [0.15, 0.2) is 46.9 Å². The van der Waals surface area contributed by atoms with Gasteiger partial charge >= 0.3 is 5.97 Å². The molecule has 11 rings (SSSR count). The molecule has 3 N–H and O–H groups in total. The number of nitrogens with one attached hydrogen (secondary N) is 2. The largest absolute Gasteiger partial charge is 0.481 e. The predicted molar refractivity (Wildman–Crippen MR) is 242 cm³/mol. The third-order valence-corrected chi connectivity index (χ3v) is 15.0. The van der Waals surface area contributed by atoms with E-state index in [9.17, 15) is 14.7 Å². The molecule has 5 aliphatic rings. The third kappa shape index (κ3) is 7.75. The zero-order valence-corrected chi connectivity index (χ0v) is 36.5. The topological polar surface area (TPSA) is 167 Å². The number of thiophene rings is 2. The molecular formula is C44H41Cl2N9O4S2. The van der Waals surface area contributed by atoms with E-state index >= 15 is 0 Å². The van der Waals surface area contributed by atoms with E-state index in [1.165, 1.54) is 16.8 Å². The number of fused-ring (bicyclic) bond motifs is 8. The van der Waals surface area contributed by atoms with Crippen molar-refractivity contribution in [2.45, 2.75) is 77.7 Å². The Hall–Kier alpha value is -5.06. The summed E-state index contributed by atoms with van der Waals surface area (Å²) in [5, 5.41) is 19.4. The number of carboxylic acid groups (broad SMARTS) is 1. The van der Waals surface area contributed by atoms with E-state index in [0.29, 0.717) is 54.9 Å². The lowest BCUT2D eigenvalue weighted by Crippen LogP contribution is -2.50. The van der Waals surface area contributed by atoms with Crippen LogP contribution in [0.25, 0.3) is 20.4 Å². The first-order valence-electron chi connectivity index (χ1n) is 20.4. The van der Waals surface area contributed by atoms with Crippen LogP contribution in [0.3, 0.4) is 0 Å². The zero-order valence-electron chi connectivity index (χ0n) is 33.4. The highest BCUT2D eigenvalue weighted by Crippen LogP contribution is 2.43. The fourth-order valence-electron chi connectivity index (χ4n) is 9.16. The Bertz CT molecular complexity index is 2810. The second kappa shape index (κ2) is 16.3. The van der Waals surface area contributed by atoms with E-state index < -0.39 is 5.97 Å². The minimum atomic E-state index is -0.728.